The summed E-state index contributed by atoms with van der Waals surface area (Å²) in [6.45, 7) is 2.95. The third-order valence-electron chi connectivity index (χ3n) is 2.94. The number of rotatable bonds is 2. The van der Waals surface area contributed by atoms with Gasteiger partial charge >= 0.3 is 0 Å². The first kappa shape index (κ1) is 15.3. The van der Waals surface area contributed by atoms with Crippen LogP contribution in [0.5, 0.6) is 0 Å². The van der Waals surface area contributed by atoms with Gasteiger partial charge in [-0.05, 0) is 43.1 Å². The number of carbonyl (C=O) groups is 1. The third-order valence-corrected chi connectivity index (χ3v) is 2.94. The highest BCUT2D eigenvalue weighted by Crippen LogP contribution is 2.15. The number of nitriles is 1. The molecule has 1 aliphatic heterocycles. The Morgan fingerprint density at radius 2 is 1.89 bits per heavy atom. The highest BCUT2D eigenvalue weighted by atomic mass is 19.1. The van der Waals surface area contributed by atoms with Crippen molar-refractivity contribution in [2.75, 3.05) is 6.54 Å². The first-order chi connectivity index (χ1) is 9.04. The van der Waals surface area contributed by atoms with Crippen LogP contribution >= 0.6 is 0 Å². The van der Waals surface area contributed by atoms with Crippen molar-refractivity contribution < 1.29 is 13.6 Å². The zero-order chi connectivity index (χ0) is 14.3. The molecule has 0 bridgehead atoms. The van der Waals surface area contributed by atoms with Crippen LogP contribution in [0.2, 0.25) is 0 Å². The number of nitrogens with zero attached hydrogens (tertiary/aromatic N) is 1. The lowest BCUT2D eigenvalue weighted by Gasteiger charge is -2.11. The van der Waals surface area contributed by atoms with Gasteiger partial charge in [-0.25, -0.2) is 8.78 Å². The van der Waals surface area contributed by atoms with Gasteiger partial charge in [-0.15, -0.1) is 0 Å². The Balaban J connectivity index is 0.000000200. The van der Waals surface area contributed by atoms with E-state index in [-0.39, 0.29) is 18.2 Å². The lowest BCUT2D eigenvalue weighted by molar-refractivity contribution is -0.120. The average Bonchev–Trinajstić information content (AvgIpc) is 2.80. The van der Waals surface area contributed by atoms with Crippen LogP contribution in [0.3, 0.4) is 0 Å². The fourth-order valence-electron chi connectivity index (χ4n) is 1.88. The maximum absolute atomic E-state index is 11.9. The molecular weight excluding hydrogens is 250 g/mol. The van der Waals surface area contributed by atoms with Crippen LogP contribution in [0.4, 0.5) is 8.78 Å². The van der Waals surface area contributed by atoms with Crippen molar-refractivity contribution in [1.29, 1.82) is 5.26 Å². The van der Waals surface area contributed by atoms with Crippen LogP contribution in [0.1, 0.15) is 19.8 Å². The first-order valence-corrected chi connectivity index (χ1v) is 6.08. The summed E-state index contributed by atoms with van der Waals surface area (Å²) in [6.07, 6.45) is 1.09. The van der Waals surface area contributed by atoms with Gasteiger partial charge < -0.3 is 5.32 Å². The van der Waals surface area contributed by atoms with Crippen LogP contribution in [0.15, 0.2) is 24.3 Å². The Bertz CT molecular complexity index is 433. The topological polar surface area (TPSA) is 52.9 Å². The van der Waals surface area contributed by atoms with Gasteiger partial charge in [-0.1, -0.05) is 6.92 Å². The molecule has 1 heterocycles. The molecule has 5 heteroatoms. The number of carbonyl (C=O) groups excluding carboxylic acids is 1. The second-order valence-electron chi connectivity index (χ2n) is 4.44. The van der Waals surface area contributed by atoms with E-state index in [9.17, 15) is 13.6 Å². The second kappa shape index (κ2) is 7.59. The largest absolute Gasteiger partial charge is 0.307 e. The summed E-state index contributed by atoms with van der Waals surface area (Å²) in [6, 6.07) is 6.13. The van der Waals surface area contributed by atoms with Gasteiger partial charge in [0.1, 0.15) is 11.6 Å². The predicted molar refractivity (Wildman–Crippen MR) is 67.2 cm³/mol. The van der Waals surface area contributed by atoms with Crippen molar-refractivity contribution in [3.05, 3.63) is 35.9 Å². The molecule has 2 unspecified atom stereocenters. The van der Waals surface area contributed by atoms with Crippen molar-refractivity contribution in [2.45, 2.75) is 25.8 Å². The molecule has 0 spiro atoms. The number of benzene rings is 1. The highest BCUT2D eigenvalue weighted by molar-refractivity contribution is 5.86. The zero-order valence-electron chi connectivity index (χ0n) is 10.7. The van der Waals surface area contributed by atoms with E-state index < -0.39 is 11.6 Å². The lowest BCUT2D eigenvalue weighted by atomic mass is 9.98. The van der Waals surface area contributed by atoms with Crippen molar-refractivity contribution >= 4 is 5.78 Å². The number of nitrogens with one attached hydrogen (secondary N) is 1. The Morgan fingerprint density at radius 3 is 2.26 bits per heavy atom. The number of Topliss-reactive ketones (excluding diaryl/α,β-unsaturated/α-hetero) is 1. The average molecular weight is 266 g/mol. The van der Waals surface area contributed by atoms with Gasteiger partial charge in [-0.2, -0.15) is 5.26 Å². The number of halogens is 2. The lowest BCUT2D eigenvalue weighted by Crippen LogP contribution is -2.34. The van der Waals surface area contributed by atoms with Crippen molar-refractivity contribution in [3.8, 4) is 6.07 Å². The standard InChI is InChI=1S/C8H12N2O.C6H4F2/c1-6-3-5-10-8(6)7(11)2-4-9;7-5-1-2-6(8)4-3-5/h6,8,10H,2-3,5H2,1H3;1-4H. The highest BCUT2D eigenvalue weighted by Gasteiger charge is 2.28. The number of ketones is 1. The summed E-state index contributed by atoms with van der Waals surface area (Å²) >= 11 is 0. The minimum absolute atomic E-state index is 0.0394. The van der Waals surface area contributed by atoms with E-state index in [2.05, 4.69) is 5.32 Å². The minimum Gasteiger partial charge on any atom is -0.307 e. The van der Waals surface area contributed by atoms with Crippen LogP contribution in [0.25, 0.3) is 0 Å². The summed E-state index contributed by atoms with van der Waals surface area (Å²) in [5.74, 6) is -0.383. The summed E-state index contributed by atoms with van der Waals surface area (Å²) in [7, 11) is 0. The zero-order valence-corrected chi connectivity index (χ0v) is 10.7. The molecule has 1 aliphatic rings. The van der Waals surface area contributed by atoms with E-state index in [0.29, 0.717) is 5.92 Å². The monoisotopic (exact) mass is 266 g/mol. The van der Waals surface area contributed by atoms with Crippen LogP contribution in [-0.2, 0) is 4.79 Å². The summed E-state index contributed by atoms with van der Waals surface area (Å²) in [5, 5.41) is 11.4. The fraction of sp³-hybridized carbons (Fsp3) is 0.429. The molecule has 2 rings (SSSR count). The molecule has 0 aliphatic carbocycles. The SMILES string of the molecule is CC1CCNC1C(=O)CC#N.Fc1ccc(F)cc1. The number of hydrogen-bond donors (Lipinski definition) is 1. The summed E-state index contributed by atoms with van der Waals surface area (Å²) in [4.78, 5) is 11.2. The van der Waals surface area contributed by atoms with Crippen LogP contribution in [-0.4, -0.2) is 18.4 Å². The Hall–Kier alpha value is -1.80. The maximum atomic E-state index is 11.9. The Labute approximate surface area is 111 Å². The Kier molecular flexibility index (Phi) is 6.10. The fourth-order valence-corrected chi connectivity index (χ4v) is 1.88. The van der Waals surface area contributed by atoms with E-state index in [1.54, 1.807) is 0 Å². The molecular formula is C14H16F2N2O. The molecule has 0 amide bonds. The van der Waals surface area contributed by atoms with Crippen molar-refractivity contribution in [3.63, 3.8) is 0 Å². The molecule has 0 aromatic heterocycles. The van der Waals surface area contributed by atoms with Gasteiger partial charge in [0.25, 0.3) is 0 Å². The summed E-state index contributed by atoms with van der Waals surface area (Å²) in [5.41, 5.74) is 0. The summed E-state index contributed by atoms with van der Waals surface area (Å²) < 4.78 is 23.8. The molecule has 1 fully saturated rings. The van der Waals surface area contributed by atoms with E-state index in [4.69, 9.17) is 5.26 Å². The molecule has 0 saturated carbocycles. The van der Waals surface area contributed by atoms with Crippen LogP contribution < -0.4 is 5.32 Å². The van der Waals surface area contributed by atoms with E-state index in [1.807, 2.05) is 13.0 Å². The molecule has 1 N–H and O–H groups in total. The normalized spacial score (nSPS) is 21.2. The molecule has 0 radical (unpaired) electrons. The Morgan fingerprint density at radius 1 is 1.37 bits per heavy atom. The first-order valence-electron chi connectivity index (χ1n) is 6.08. The van der Waals surface area contributed by atoms with E-state index in [0.717, 1.165) is 37.2 Å². The van der Waals surface area contributed by atoms with Crippen molar-refractivity contribution in [1.82, 2.24) is 5.32 Å². The quantitative estimate of drug-likeness (QED) is 0.894. The smallest absolute Gasteiger partial charge is 0.164 e. The molecule has 19 heavy (non-hydrogen) atoms. The van der Waals surface area contributed by atoms with Crippen molar-refractivity contribution in [2.24, 2.45) is 5.92 Å². The van der Waals surface area contributed by atoms with Gasteiger partial charge in [0, 0.05) is 0 Å². The third kappa shape index (κ3) is 5.14. The molecule has 1 aromatic rings. The number of hydrogen-bond acceptors (Lipinski definition) is 3. The van der Waals surface area contributed by atoms with E-state index >= 15 is 0 Å². The molecule has 1 saturated heterocycles. The maximum Gasteiger partial charge on any atom is 0.164 e. The van der Waals surface area contributed by atoms with Gasteiger partial charge in [0.05, 0.1) is 18.5 Å². The van der Waals surface area contributed by atoms with Gasteiger partial charge in [0.15, 0.2) is 5.78 Å². The van der Waals surface area contributed by atoms with Gasteiger partial charge in [0.2, 0.25) is 0 Å². The molecule has 102 valence electrons. The molecule has 3 nitrogen and oxygen atoms in total. The second-order valence-corrected chi connectivity index (χ2v) is 4.44. The predicted octanol–water partition coefficient (Wildman–Crippen LogP) is 2.43. The molecule has 1 aromatic carbocycles. The van der Waals surface area contributed by atoms with Crippen LogP contribution in [0, 0.1) is 28.9 Å². The van der Waals surface area contributed by atoms with Gasteiger partial charge in [-0.3, -0.25) is 4.79 Å². The van der Waals surface area contributed by atoms with E-state index in [1.165, 1.54) is 0 Å². The minimum atomic E-state index is -0.411. The molecule has 2 atom stereocenters.